The highest BCUT2D eigenvalue weighted by Gasteiger charge is 2.12. The number of benzene rings is 2. The summed E-state index contributed by atoms with van der Waals surface area (Å²) in [5.74, 6) is 2.19. The first-order valence-electron chi connectivity index (χ1n) is 9.65. The number of amides is 1. The molecule has 0 aliphatic carbocycles. The summed E-state index contributed by atoms with van der Waals surface area (Å²) >= 11 is 0. The van der Waals surface area contributed by atoms with E-state index in [2.05, 4.69) is 25.6 Å². The summed E-state index contributed by atoms with van der Waals surface area (Å²) in [6.07, 6.45) is 5.07. The van der Waals surface area contributed by atoms with Gasteiger partial charge in [-0.05, 0) is 43.3 Å². The fraction of sp³-hybridized carbons (Fsp3) is 0.0435. The number of hydrogen-bond donors (Lipinski definition) is 2. The van der Waals surface area contributed by atoms with E-state index in [1.165, 1.54) is 6.33 Å². The number of rotatable bonds is 5. The van der Waals surface area contributed by atoms with Crippen LogP contribution < -0.4 is 10.6 Å². The third-order valence-corrected chi connectivity index (χ3v) is 4.79. The van der Waals surface area contributed by atoms with Crippen LogP contribution in [0.5, 0.6) is 0 Å². The number of aryl methyl sites for hydroxylation is 1. The van der Waals surface area contributed by atoms with Crippen LogP contribution in [0.3, 0.4) is 0 Å². The Morgan fingerprint density at radius 3 is 2.55 bits per heavy atom. The molecule has 5 rings (SSSR count). The van der Waals surface area contributed by atoms with Crippen LogP contribution in [0, 0.1) is 6.92 Å². The third kappa shape index (κ3) is 3.86. The molecule has 0 aliphatic heterocycles. The fourth-order valence-electron chi connectivity index (χ4n) is 3.24. The van der Waals surface area contributed by atoms with Crippen molar-refractivity contribution in [2.24, 2.45) is 0 Å². The van der Waals surface area contributed by atoms with Crippen LogP contribution in [-0.4, -0.2) is 25.4 Å². The first-order chi connectivity index (χ1) is 15.2. The van der Waals surface area contributed by atoms with Crippen molar-refractivity contribution in [3.05, 3.63) is 91.0 Å². The number of furan rings is 1. The predicted molar refractivity (Wildman–Crippen MR) is 118 cm³/mol. The van der Waals surface area contributed by atoms with E-state index in [9.17, 15) is 4.79 Å². The molecule has 5 aromatic rings. The molecule has 8 heteroatoms. The number of nitrogens with one attached hydrogen (secondary N) is 2. The second-order valence-electron chi connectivity index (χ2n) is 6.91. The molecule has 8 nitrogen and oxygen atoms in total. The zero-order valence-electron chi connectivity index (χ0n) is 16.6. The Balaban J connectivity index is 1.28. The number of anilines is 3. The maximum absolute atomic E-state index is 12.5. The molecule has 0 atom stereocenters. The molecule has 3 aromatic heterocycles. The summed E-state index contributed by atoms with van der Waals surface area (Å²) in [6.45, 7) is 1.91. The van der Waals surface area contributed by atoms with Gasteiger partial charge in [0.25, 0.3) is 5.91 Å². The van der Waals surface area contributed by atoms with Gasteiger partial charge in [0, 0.05) is 35.2 Å². The Hall–Kier alpha value is -4.46. The SMILES string of the molecule is Cc1nccn1-c1cc(Nc2ccc(NC(=O)c3cc4ccccc4o3)cc2)ncn1. The molecule has 152 valence electrons. The van der Waals surface area contributed by atoms with E-state index < -0.39 is 0 Å². The molecule has 2 N–H and O–H groups in total. The molecule has 0 spiro atoms. The molecule has 0 fully saturated rings. The quantitative estimate of drug-likeness (QED) is 0.435. The van der Waals surface area contributed by atoms with E-state index in [1.807, 2.05) is 72.3 Å². The van der Waals surface area contributed by atoms with Crippen LogP contribution in [-0.2, 0) is 0 Å². The van der Waals surface area contributed by atoms with E-state index in [1.54, 1.807) is 12.3 Å². The van der Waals surface area contributed by atoms with Crippen molar-refractivity contribution in [1.82, 2.24) is 19.5 Å². The highest BCUT2D eigenvalue weighted by molar-refractivity contribution is 6.04. The third-order valence-electron chi connectivity index (χ3n) is 4.79. The lowest BCUT2D eigenvalue weighted by molar-refractivity contribution is 0.0998. The normalized spacial score (nSPS) is 10.9. The van der Waals surface area contributed by atoms with Gasteiger partial charge in [-0.25, -0.2) is 15.0 Å². The molecule has 0 unspecified atom stereocenters. The monoisotopic (exact) mass is 410 g/mol. The molecule has 0 aliphatic rings. The van der Waals surface area contributed by atoms with Gasteiger partial charge in [0.05, 0.1) is 0 Å². The zero-order chi connectivity index (χ0) is 21.2. The second-order valence-corrected chi connectivity index (χ2v) is 6.91. The van der Waals surface area contributed by atoms with Gasteiger partial charge in [0.15, 0.2) is 5.76 Å². The number of carbonyl (C=O) groups is 1. The van der Waals surface area contributed by atoms with Gasteiger partial charge >= 0.3 is 0 Å². The molecule has 31 heavy (non-hydrogen) atoms. The summed E-state index contributed by atoms with van der Waals surface area (Å²) in [5, 5.41) is 6.98. The number of fused-ring (bicyclic) bond motifs is 1. The Kier molecular flexibility index (Phi) is 4.64. The molecular formula is C23H18N6O2. The molecule has 0 saturated heterocycles. The molecule has 0 radical (unpaired) electrons. The number of carbonyl (C=O) groups excluding carboxylic acids is 1. The first kappa shape index (κ1) is 18.6. The summed E-state index contributed by atoms with van der Waals surface area (Å²) < 4.78 is 7.49. The van der Waals surface area contributed by atoms with Gasteiger partial charge < -0.3 is 15.1 Å². The lowest BCUT2D eigenvalue weighted by Crippen LogP contribution is -2.10. The Bertz CT molecular complexity index is 1340. The average Bonchev–Trinajstić information content (AvgIpc) is 3.41. The van der Waals surface area contributed by atoms with Gasteiger partial charge in [-0.2, -0.15) is 0 Å². The summed E-state index contributed by atoms with van der Waals surface area (Å²) in [4.78, 5) is 25.3. The van der Waals surface area contributed by atoms with Crippen LogP contribution in [0.2, 0.25) is 0 Å². The predicted octanol–water partition coefficient (Wildman–Crippen LogP) is 4.71. The van der Waals surface area contributed by atoms with Crippen molar-refractivity contribution in [3.63, 3.8) is 0 Å². The Labute approximate surface area is 177 Å². The summed E-state index contributed by atoms with van der Waals surface area (Å²) in [7, 11) is 0. The number of para-hydroxylation sites is 1. The average molecular weight is 410 g/mol. The van der Waals surface area contributed by atoms with Crippen LogP contribution >= 0.6 is 0 Å². The highest BCUT2D eigenvalue weighted by atomic mass is 16.3. The van der Waals surface area contributed by atoms with Crippen molar-refractivity contribution >= 4 is 34.1 Å². The molecule has 3 heterocycles. The molecule has 0 saturated carbocycles. The molecule has 2 aromatic carbocycles. The zero-order valence-corrected chi connectivity index (χ0v) is 16.6. The van der Waals surface area contributed by atoms with Gasteiger partial charge in [-0.15, -0.1) is 0 Å². The lowest BCUT2D eigenvalue weighted by atomic mass is 10.2. The Morgan fingerprint density at radius 2 is 1.77 bits per heavy atom. The van der Waals surface area contributed by atoms with Crippen LogP contribution in [0.4, 0.5) is 17.2 Å². The van der Waals surface area contributed by atoms with Gasteiger partial charge in [0.1, 0.15) is 29.4 Å². The van der Waals surface area contributed by atoms with Crippen molar-refractivity contribution in [3.8, 4) is 5.82 Å². The second kappa shape index (κ2) is 7.75. The van der Waals surface area contributed by atoms with Crippen molar-refractivity contribution in [2.45, 2.75) is 6.92 Å². The standard InChI is InChI=1S/C23H18N6O2/c1-15-24-10-11-29(15)22-13-21(25-14-26-22)27-17-6-8-18(9-7-17)28-23(30)20-12-16-4-2-3-5-19(16)31-20/h2-14H,1H3,(H,28,30)(H,25,26,27). The van der Waals surface area contributed by atoms with Crippen molar-refractivity contribution in [1.29, 1.82) is 0 Å². The van der Waals surface area contributed by atoms with Gasteiger partial charge in [-0.1, -0.05) is 18.2 Å². The topological polar surface area (TPSA) is 97.9 Å². The molecule has 1 amide bonds. The smallest absolute Gasteiger partial charge is 0.291 e. The summed E-state index contributed by atoms with van der Waals surface area (Å²) in [6, 6.07) is 18.4. The molecule has 0 bridgehead atoms. The highest BCUT2D eigenvalue weighted by Crippen LogP contribution is 2.22. The lowest BCUT2D eigenvalue weighted by Gasteiger charge is -2.09. The molecular weight excluding hydrogens is 392 g/mol. The number of imidazole rings is 1. The van der Waals surface area contributed by atoms with E-state index in [0.29, 0.717) is 17.1 Å². The van der Waals surface area contributed by atoms with Crippen LogP contribution in [0.1, 0.15) is 16.4 Å². The minimum Gasteiger partial charge on any atom is -0.451 e. The van der Waals surface area contributed by atoms with Gasteiger partial charge in [0.2, 0.25) is 0 Å². The fourth-order valence-corrected chi connectivity index (χ4v) is 3.24. The van der Waals surface area contributed by atoms with E-state index in [0.717, 1.165) is 22.7 Å². The van der Waals surface area contributed by atoms with Crippen molar-refractivity contribution in [2.75, 3.05) is 10.6 Å². The van der Waals surface area contributed by atoms with Crippen LogP contribution in [0.25, 0.3) is 16.8 Å². The maximum Gasteiger partial charge on any atom is 0.291 e. The van der Waals surface area contributed by atoms with E-state index >= 15 is 0 Å². The number of aromatic nitrogens is 4. The first-order valence-corrected chi connectivity index (χ1v) is 9.65. The maximum atomic E-state index is 12.5. The minimum absolute atomic E-state index is 0.270. The van der Waals surface area contributed by atoms with E-state index in [4.69, 9.17) is 4.42 Å². The van der Waals surface area contributed by atoms with E-state index in [-0.39, 0.29) is 11.7 Å². The van der Waals surface area contributed by atoms with Crippen LogP contribution in [0.15, 0.2) is 83.8 Å². The largest absolute Gasteiger partial charge is 0.451 e. The van der Waals surface area contributed by atoms with Gasteiger partial charge in [-0.3, -0.25) is 9.36 Å². The minimum atomic E-state index is -0.298. The Morgan fingerprint density at radius 1 is 0.968 bits per heavy atom. The summed E-state index contributed by atoms with van der Waals surface area (Å²) in [5.41, 5.74) is 2.17. The number of nitrogens with zero attached hydrogens (tertiary/aromatic N) is 4. The number of hydrogen-bond acceptors (Lipinski definition) is 6. The van der Waals surface area contributed by atoms with Crippen molar-refractivity contribution < 1.29 is 9.21 Å².